The van der Waals surface area contributed by atoms with Crippen LogP contribution in [-0.4, -0.2) is 26.9 Å². The largest absolute Gasteiger partial charge is 0.478 e. The van der Waals surface area contributed by atoms with Gasteiger partial charge < -0.3 is 10.0 Å². The third-order valence-electron chi connectivity index (χ3n) is 7.97. The van der Waals surface area contributed by atoms with E-state index in [1.54, 1.807) is 12.1 Å². The third-order valence-corrected chi connectivity index (χ3v) is 7.97. The smallest absolute Gasteiger partial charge is 0.328 e. The summed E-state index contributed by atoms with van der Waals surface area (Å²) >= 11 is 0. The minimum Gasteiger partial charge on any atom is -0.478 e. The van der Waals surface area contributed by atoms with Gasteiger partial charge in [0.15, 0.2) is 0 Å². The van der Waals surface area contributed by atoms with Gasteiger partial charge in [0.25, 0.3) is 0 Å². The Bertz CT molecular complexity index is 1550. The van der Waals surface area contributed by atoms with E-state index in [4.69, 9.17) is 5.11 Å². The fourth-order valence-electron chi connectivity index (χ4n) is 5.83. The molecule has 6 heteroatoms. The number of halogens is 1. The number of benzene rings is 3. The van der Waals surface area contributed by atoms with Gasteiger partial charge in [-0.25, -0.2) is 9.18 Å². The van der Waals surface area contributed by atoms with E-state index in [0.717, 1.165) is 41.4 Å². The van der Waals surface area contributed by atoms with Gasteiger partial charge in [-0.05, 0) is 91.1 Å². The highest BCUT2D eigenvalue weighted by molar-refractivity contribution is 5.85. The zero-order valence-corrected chi connectivity index (χ0v) is 22.2. The molecule has 0 spiro atoms. The van der Waals surface area contributed by atoms with Gasteiger partial charge in [-0.2, -0.15) is 5.10 Å². The predicted octanol–water partition coefficient (Wildman–Crippen LogP) is 7.22. The standard InChI is InChI=1S/C33H32FN3O2/c1-3-36-20-27(19-35-36)25-10-14-29-26(18-25)16-21(2)37(28-11-8-24(9-12-28)23-6-7-23)33(29)30-13-4-22(17-31(30)34)5-15-32(38)39/h4-5,8-15,17-21,23,33H,3,6-7,16H2,1-2H3,(H,38,39)/b15-5+. The first-order chi connectivity index (χ1) is 18.9. The van der Waals surface area contributed by atoms with Crippen molar-refractivity contribution in [1.82, 2.24) is 9.78 Å². The maximum atomic E-state index is 15.8. The van der Waals surface area contributed by atoms with Crippen LogP contribution in [-0.2, 0) is 17.8 Å². The zero-order chi connectivity index (χ0) is 27.1. The van der Waals surface area contributed by atoms with E-state index in [9.17, 15) is 4.79 Å². The van der Waals surface area contributed by atoms with Crippen molar-refractivity contribution < 1.29 is 14.3 Å². The Morgan fingerprint density at radius 2 is 1.82 bits per heavy atom. The molecule has 0 amide bonds. The van der Waals surface area contributed by atoms with Crippen molar-refractivity contribution in [2.24, 2.45) is 0 Å². The topological polar surface area (TPSA) is 58.4 Å². The van der Waals surface area contributed by atoms with Gasteiger partial charge in [-0.1, -0.05) is 42.5 Å². The Morgan fingerprint density at radius 1 is 1.05 bits per heavy atom. The summed E-state index contributed by atoms with van der Waals surface area (Å²) in [4.78, 5) is 13.3. The second kappa shape index (κ2) is 10.2. The van der Waals surface area contributed by atoms with E-state index in [-0.39, 0.29) is 17.9 Å². The molecule has 2 atom stereocenters. The SMILES string of the molecule is CCn1cc(-c2ccc3c(c2)CC(C)N(c2ccc(C4CC4)cc2)C3c2ccc(/C=C/C(=O)O)cc2F)cn1. The number of hydrogen-bond acceptors (Lipinski definition) is 3. The van der Waals surface area contributed by atoms with Gasteiger partial charge in [0.2, 0.25) is 0 Å². The lowest BCUT2D eigenvalue weighted by atomic mass is 9.83. The fraction of sp³-hybridized carbons (Fsp3) is 0.273. The van der Waals surface area contributed by atoms with Crippen LogP contribution in [0.1, 0.15) is 66.5 Å². The van der Waals surface area contributed by atoms with Crippen LogP contribution in [0.5, 0.6) is 0 Å². The zero-order valence-electron chi connectivity index (χ0n) is 22.2. The molecular weight excluding hydrogens is 489 g/mol. The monoisotopic (exact) mass is 521 g/mol. The van der Waals surface area contributed by atoms with Crippen LogP contribution < -0.4 is 4.90 Å². The van der Waals surface area contributed by atoms with E-state index in [0.29, 0.717) is 17.0 Å². The molecule has 0 bridgehead atoms. The highest BCUT2D eigenvalue weighted by Crippen LogP contribution is 2.45. The second-order valence-electron chi connectivity index (χ2n) is 10.7. The molecule has 4 aromatic rings. The summed E-state index contributed by atoms with van der Waals surface area (Å²) in [6.45, 7) is 5.09. The van der Waals surface area contributed by atoms with E-state index in [1.165, 1.54) is 36.1 Å². The number of anilines is 1. The number of carboxylic acids is 1. The van der Waals surface area contributed by atoms with Crippen LogP contribution >= 0.6 is 0 Å². The van der Waals surface area contributed by atoms with Crippen LogP contribution in [0, 0.1) is 5.82 Å². The van der Waals surface area contributed by atoms with Gasteiger partial charge in [0, 0.05) is 41.7 Å². The summed E-state index contributed by atoms with van der Waals surface area (Å²) in [5.41, 5.74) is 8.01. The summed E-state index contributed by atoms with van der Waals surface area (Å²) in [7, 11) is 0. The number of aromatic nitrogens is 2. The molecule has 1 saturated carbocycles. The van der Waals surface area contributed by atoms with Crippen molar-refractivity contribution in [1.29, 1.82) is 0 Å². The van der Waals surface area contributed by atoms with Crippen molar-refractivity contribution >= 4 is 17.7 Å². The minimum atomic E-state index is -1.06. The fourth-order valence-corrected chi connectivity index (χ4v) is 5.83. The molecule has 1 fully saturated rings. The number of carbonyl (C=O) groups is 1. The van der Waals surface area contributed by atoms with E-state index >= 15 is 4.39 Å². The first-order valence-corrected chi connectivity index (χ1v) is 13.7. The molecule has 1 aromatic heterocycles. The normalized spacial score (nSPS) is 18.9. The lowest BCUT2D eigenvalue weighted by molar-refractivity contribution is -0.131. The van der Waals surface area contributed by atoms with Crippen LogP contribution in [0.25, 0.3) is 17.2 Å². The molecule has 39 heavy (non-hydrogen) atoms. The molecule has 2 heterocycles. The van der Waals surface area contributed by atoms with Gasteiger partial charge in [-0.3, -0.25) is 4.68 Å². The van der Waals surface area contributed by atoms with E-state index in [2.05, 4.69) is 72.5 Å². The minimum absolute atomic E-state index is 0.133. The van der Waals surface area contributed by atoms with E-state index in [1.807, 2.05) is 10.9 Å². The Balaban J connectivity index is 1.45. The summed E-state index contributed by atoms with van der Waals surface area (Å²) in [5.74, 6) is -0.732. The quantitative estimate of drug-likeness (QED) is 0.261. The molecule has 1 aliphatic carbocycles. The van der Waals surface area contributed by atoms with Crippen LogP contribution in [0.3, 0.4) is 0 Å². The average Bonchev–Trinajstić information content (AvgIpc) is 3.67. The van der Waals surface area contributed by atoms with Crippen molar-refractivity contribution in [2.75, 3.05) is 4.90 Å². The van der Waals surface area contributed by atoms with Gasteiger partial charge in [0.1, 0.15) is 5.82 Å². The molecule has 5 nitrogen and oxygen atoms in total. The highest BCUT2D eigenvalue weighted by atomic mass is 19.1. The second-order valence-corrected chi connectivity index (χ2v) is 10.7. The maximum Gasteiger partial charge on any atom is 0.328 e. The lowest BCUT2D eigenvalue weighted by Crippen LogP contribution is -2.43. The molecule has 6 rings (SSSR count). The molecule has 1 N–H and O–H groups in total. The Morgan fingerprint density at radius 3 is 2.49 bits per heavy atom. The van der Waals surface area contributed by atoms with E-state index < -0.39 is 5.97 Å². The number of aryl methyl sites for hydroxylation is 1. The number of carboxylic acid groups (broad SMARTS) is 1. The van der Waals surface area contributed by atoms with Gasteiger partial charge >= 0.3 is 5.97 Å². The van der Waals surface area contributed by atoms with Crippen molar-refractivity contribution in [3.8, 4) is 11.1 Å². The Labute approximate surface area is 228 Å². The first kappa shape index (κ1) is 25.1. The number of aliphatic carboxylic acids is 1. The van der Waals surface area contributed by atoms with Crippen LogP contribution in [0.15, 0.2) is 79.1 Å². The van der Waals surface area contributed by atoms with Crippen molar-refractivity contribution in [3.63, 3.8) is 0 Å². The molecule has 1 aliphatic heterocycles. The lowest BCUT2D eigenvalue weighted by Gasteiger charge is -2.44. The van der Waals surface area contributed by atoms with Crippen LogP contribution in [0.4, 0.5) is 10.1 Å². The number of hydrogen-bond donors (Lipinski definition) is 1. The first-order valence-electron chi connectivity index (χ1n) is 13.7. The molecule has 2 unspecified atom stereocenters. The molecule has 0 saturated heterocycles. The highest BCUT2D eigenvalue weighted by Gasteiger charge is 2.35. The average molecular weight is 522 g/mol. The summed E-state index contributed by atoms with van der Waals surface area (Å²) in [6, 6.07) is 20.1. The van der Waals surface area contributed by atoms with Gasteiger partial charge in [-0.15, -0.1) is 0 Å². The Kier molecular flexibility index (Phi) is 6.55. The Hall–Kier alpha value is -4.19. The van der Waals surface area contributed by atoms with Crippen LogP contribution in [0.2, 0.25) is 0 Å². The maximum absolute atomic E-state index is 15.8. The predicted molar refractivity (Wildman–Crippen MR) is 152 cm³/mol. The summed E-state index contributed by atoms with van der Waals surface area (Å²) < 4.78 is 17.7. The molecule has 3 aromatic carbocycles. The molecule has 198 valence electrons. The molecular formula is C33H32FN3O2. The van der Waals surface area contributed by atoms with Crippen molar-refractivity contribution in [2.45, 2.75) is 57.7 Å². The number of rotatable bonds is 7. The molecule has 0 radical (unpaired) electrons. The van der Waals surface area contributed by atoms with Gasteiger partial charge in [0.05, 0.1) is 12.2 Å². The summed E-state index contributed by atoms with van der Waals surface area (Å²) in [6.07, 6.45) is 9.75. The third kappa shape index (κ3) is 4.99. The number of nitrogens with zero attached hydrogens (tertiary/aromatic N) is 3. The number of fused-ring (bicyclic) bond motifs is 1. The summed E-state index contributed by atoms with van der Waals surface area (Å²) in [5, 5.41) is 13.4. The van der Waals surface area contributed by atoms with Crippen molar-refractivity contribution in [3.05, 3.63) is 113 Å². The molecule has 2 aliphatic rings.